The number of nitrogens with zero attached hydrogens (tertiary/aromatic N) is 2. The minimum Gasteiger partial charge on any atom is -0.294 e. The highest BCUT2D eigenvalue weighted by atomic mass is 35.5. The van der Waals surface area contributed by atoms with Gasteiger partial charge in [-0.25, -0.2) is 0 Å². The molecule has 2 atom stereocenters. The molecule has 7 heteroatoms. The molecule has 0 N–H and O–H groups in total. The molecule has 1 heterocycles. The quantitative estimate of drug-likeness (QED) is 0.394. The minimum atomic E-state index is -1.95. The highest BCUT2D eigenvalue weighted by molar-refractivity contribution is 8.04. The van der Waals surface area contributed by atoms with E-state index in [4.69, 9.17) is 16.9 Å². The second kappa shape index (κ2) is 3.36. The highest BCUT2D eigenvalue weighted by Crippen LogP contribution is 2.45. The number of aldehydes is 1. The number of hydrogen-bond donors (Lipinski definition) is 0. The zero-order chi connectivity index (χ0) is 10.1. The van der Waals surface area contributed by atoms with Crippen LogP contribution in [0.3, 0.4) is 0 Å². The van der Waals surface area contributed by atoms with E-state index in [9.17, 15) is 14.9 Å². The Kier molecular flexibility index (Phi) is 2.59. The fraction of sp³-hybridized carbons (Fsp3) is 0.333. The van der Waals surface area contributed by atoms with Crippen molar-refractivity contribution in [3.05, 3.63) is 20.6 Å². The van der Waals surface area contributed by atoms with Crippen LogP contribution in [0.15, 0.2) is 10.4 Å². The largest absolute Gasteiger partial charge is 0.345 e. The first-order valence-electron chi connectivity index (χ1n) is 3.12. The van der Waals surface area contributed by atoms with E-state index in [0.29, 0.717) is 11.8 Å². The number of nitro groups is 1. The van der Waals surface area contributed by atoms with E-state index in [1.54, 1.807) is 6.07 Å². The van der Waals surface area contributed by atoms with Crippen molar-refractivity contribution in [1.29, 1.82) is 5.26 Å². The maximum absolute atomic E-state index is 10.6. The van der Waals surface area contributed by atoms with Crippen LogP contribution in [0, 0.1) is 27.4 Å². The van der Waals surface area contributed by atoms with Crippen LogP contribution >= 0.6 is 23.4 Å². The van der Waals surface area contributed by atoms with Gasteiger partial charge in [0.1, 0.15) is 0 Å². The molecule has 68 valence electrons. The zero-order valence-corrected chi connectivity index (χ0v) is 7.71. The third-order valence-electron chi connectivity index (χ3n) is 1.63. The summed E-state index contributed by atoms with van der Waals surface area (Å²) in [5, 5.41) is 20.5. The third-order valence-corrected chi connectivity index (χ3v) is 3.32. The van der Waals surface area contributed by atoms with Gasteiger partial charge in [-0.05, 0) is 17.2 Å². The van der Waals surface area contributed by atoms with Crippen LogP contribution in [0.1, 0.15) is 0 Å². The van der Waals surface area contributed by atoms with Crippen molar-refractivity contribution in [3.8, 4) is 6.07 Å². The van der Waals surface area contributed by atoms with E-state index in [-0.39, 0.29) is 11.3 Å². The van der Waals surface area contributed by atoms with Gasteiger partial charge in [-0.15, -0.1) is 0 Å². The van der Waals surface area contributed by atoms with Crippen molar-refractivity contribution in [2.75, 3.05) is 0 Å². The summed E-state index contributed by atoms with van der Waals surface area (Å²) < 4.78 is 0. The van der Waals surface area contributed by atoms with Crippen LogP contribution in [-0.4, -0.2) is 16.1 Å². The monoisotopic (exact) mass is 218 g/mol. The van der Waals surface area contributed by atoms with Crippen molar-refractivity contribution in [2.24, 2.45) is 5.92 Å². The molecule has 0 aromatic heterocycles. The van der Waals surface area contributed by atoms with E-state index in [1.807, 2.05) is 0 Å². The Morgan fingerprint density at radius 3 is 2.85 bits per heavy atom. The molecule has 0 saturated heterocycles. The Morgan fingerprint density at radius 1 is 1.92 bits per heavy atom. The van der Waals surface area contributed by atoms with Crippen LogP contribution in [0.5, 0.6) is 0 Å². The lowest BCUT2D eigenvalue weighted by Crippen LogP contribution is -2.41. The number of carbonyl (C=O) groups excluding carboxylic acids is 1. The molecule has 1 aliphatic heterocycles. The smallest absolute Gasteiger partial charge is 0.294 e. The summed E-state index contributed by atoms with van der Waals surface area (Å²) >= 11 is 6.19. The fourth-order valence-electron chi connectivity index (χ4n) is 0.926. The zero-order valence-electron chi connectivity index (χ0n) is 6.14. The molecule has 0 radical (unpaired) electrons. The molecular formula is C6H3ClN2O3S. The van der Waals surface area contributed by atoms with Crippen molar-refractivity contribution in [2.45, 2.75) is 4.87 Å². The molecule has 0 aromatic carbocycles. The summed E-state index contributed by atoms with van der Waals surface area (Å²) in [6, 6.07) is 1.64. The van der Waals surface area contributed by atoms with Crippen molar-refractivity contribution in [1.82, 2.24) is 0 Å². The summed E-state index contributed by atoms with van der Waals surface area (Å²) in [5.74, 6) is -1.19. The van der Waals surface area contributed by atoms with Gasteiger partial charge in [0.2, 0.25) is 6.29 Å². The Bertz CT molecular complexity index is 337. The molecule has 0 spiro atoms. The molecule has 1 aliphatic rings. The predicted octanol–water partition coefficient (Wildman–Crippen LogP) is 1.13. The summed E-state index contributed by atoms with van der Waals surface area (Å²) in [5.41, 5.74) is 0. The molecule has 0 bridgehead atoms. The van der Waals surface area contributed by atoms with Crippen LogP contribution in [0.2, 0.25) is 0 Å². The lowest BCUT2D eigenvalue weighted by molar-refractivity contribution is -0.523. The van der Waals surface area contributed by atoms with Crippen LogP contribution in [-0.2, 0) is 4.79 Å². The summed E-state index contributed by atoms with van der Waals surface area (Å²) in [6.45, 7) is 0. The molecule has 13 heavy (non-hydrogen) atoms. The van der Waals surface area contributed by atoms with Gasteiger partial charge < -0.3 is 0 Å². The van der Waals surface area contributed by atoms with Gasteiger partial charge in [0.25, 0.3) is 0 Å². The molecule has 0 aliphatic carbocycles. The number of hydrogen-bond acceptors (Lipinski definition) is 5. The molecule has 5 nitrogen and oxygen atoms in total. The van der Waals surface area contributed by atoms with Gasteiger partial charge in [0.15, 0.2) is 5.92 Å². The van der Waals surface area contributed by atoms with Crippen LogP contribution in [0.4, 0.5) is 0 Å². The third kappa shape index (κ3) is 1.30. The SMILES string of the molecule is N#CC1C(Cl)=CSC1(C=O)[N+](=O)[O-]. The topological polar surface area (TPSA) is 84.0 Å². The van der Waals surface area contributed by atoms with Crippen molar-refractivity contribution < 1.29 is 9.72 Å². The molecule has 0 aromatic rings. The van der Waals surface area contributed by atoms with Gasteiger partial charge in [-0.2, -0.15) is 5.26 Å². The molecular weight excluding hydrogens is 216 g/mol. The van der Waals surface area contributed by atoms with Crippen molar-refractivity contribution >= 4 is 29.6 Å². The number of rotatable bonds is 2. The van der Waals surface area contributed by atoms with Gasteiger partial charge in [-0.1, -0.05) is 11.6 Å². The first-order chi connectivity index (χ1) is 6.08. The normalized spacial score (nSPS) is 32.0. The molecule has 0 fully saturated rings. The first kappa shape index (κ1) is 10.0. The fourth-order valence-corrected chi connectivity index (χ4v) is 2.23. The highest BCUT2D eigenvalue weighted by Gasteiger charge is 2.56. The number of thioether (sulfide) groups is 1. The summed E-state index contributed by atoms with van der Waals surface area (Å²) in [7, 11) is 0. The lowest BCUT2D eigenvalue weighted by Gasteiger charge is -2.14. The van der Waals surface area contributed by atoms with Crippen LogP contribution in [0.25, 0.3) is 0 Å². The molecule has 2 unspecified atom stereocenters. The Labute approximate surface area is 82.5 Å². The van der Waals surface area contributed by atoms with E-state index in [0.717, 1.165) is 0 Å². The number of carbonyl (C=O) groups is 1. The van der Waals surface area contributed by atoms with E-state index >= 15 is 0 Å². The van der Waals surface area contributed by atoms with Crippen LogP contribution < -0.4 is 0 Å². The first-order valence-corrected chi connectivity index (χ1v) is 4.38. The molecule has 1 rings (SSSR count). The summed E-state index contributed by atoms with van der Waals surface area (Å²) in [6.07, 6.45) is 0.150. The maximum Gasteiger partial charge on any atom is 0.345 e. The average Bonchev–Trinajstić information content (AvgIpc) is 2.43. The number of nitriles is 1. The Hall–Kier alpha value is -1.06. The second-order valence-electron chi connectivity index (χ2n) is 2.31. The average molecular weight is 219 g/mol. The van der Waals surface area contributed by atoms with Gasteiger partial charge >= 0.3 is 4.87 Å². The van der Waals surface area contributed by atoms with Crippen molar-refractivity contribution in [3.63, 3.8) is 0 Å². The number of halogens is 1. The van der Waals surface area contributed by atoms with E-state index in [1.165, 1.54) is 5.41 Å². The van der Waals surface area contributed by atoms with E-state index in [2.05, 4.69) is 0 Å². The second-order valence-corrected chi connectivity index (χ2v) is 3.87. The standard InChI is InChI=1S/C6H3ClN2O3S/c7-5-2-13-6(3-10,9(11)12)4(5)1-8/h2-4H. The molecule has 0 saturated carbocycles. The van der Waals surface area contributed by atoms with Gasteiger partial charge in [0, 0.05) is 4.92 Å². The minimum absolute atomic E-state index is 0.0382. The van der Waals surface area contributed by atoms with Gasteiger partial charge in [0.05, 0.1) is 11.1 Å². The van der Waals surface area contributed by atoms with E-state index < -0.39 is 15.7 Å². The Balaban J connectivity index is 3.14. The van der Waals surface area contributed by atoms with Gasteiger partial charge in [-0.3, -0.25) is 14.9 Å². The molecule has 0 amide bonds. The predicted molar refractivity (Wildman–Crippen MR) is 46.4 cm³/mol. The Morgan fingerprint density at radius 2 is 2.54 bits per heavy atom. The lowest BCUT2D eigenvalue weighted by atomic mass is 10.0. The maximum atomic E-state index is 10.6. The summed E-state index contributed by atoms with van der Waals surface area (Å²) in [4.78, 5) is 18.4.